The summed E-state index contributed by atoms with van der Waals surface area (Å²) in [6.45, 7) is 5.22. The number of benzene rings is 3. The number of anilines is 2. The Balaban J connectivity index is 0.000000213. The highest BCUT2D eigenvalue weighted by atomic mass is 31.2. The molecule has 0 saturated heterocycles. The number of hydrogen-bond acceptors (Lipinski definition) is 16. The summed E-state index contributed by atoms with van der Waals surface area (Å²) < 4.78 is 62.6. The van der Waals surface area contributed by atoms with Gasteiger partial charge in [-0.2, -0.15) is 0 Å². The van der Waals surface area contributed by atoms with Crippen LogP contribution in [0.15, 0.2) is 116 Å². The molecule has 316 valence electrons. The second-order valence-electron chi connectivity index (χ2n) is 13.3. The van der Waals surface area contributed by atoms with Gasteiger partial charge < -0.3 is 48.8 Å². The van der Waals surface area contributed by atoms with E-state index in [0.29, 0.717) is 65.2 Å². The molecule has 2 unspecified atom stereocenters. The number of nitrogens with zero attached hydrogens (tertiary/aromatic N) is 8. The normalized spacial score (nSPS) is 14.4. The molecule has 0 bridgehead atoms. The number of fused-ring (bicyclic) bond motifs is 2. The molecule has 21 heteroatoms. The quantitative estimate of drug-likeness (QED) is 0.0561. The first kappa shape index (κ1) is 43.8. The van der Waals surface area contributed by atoms with E-state index in [4.69, 9.17) is 39.2 Å². The van der Waals surface area contributed by atoms with Crippen molar-refractivity contribution in [2.24, 2.45) is 0 Å². The van der Waals surface area contributed by atoms with Crippen LogP contribution in [0.25, 0.3) is 22.3 Å². The molecule has 3 aromatic carbocycles. The zero-order valence-corrected chi connectivity index (χ0v) is 34.7. The number of aromatic nitrogens is 8. The molecule has 7 aromatic rings. The lowest BCUT2D eigenvalue weighted by atomic mass is 10.2. The maximum atomic E-state index is 13.5. The van der Waals surface area contributed by atoms with Crippen molar-refractivity contribution < 1.29 is 41.8 Å². The van der Waals surface area contributed by atoms with Gasteiger partial charge in [-0.3, -0.25) is 4.52 Å². The lowest BCUT2D eigenvalue weighted by Crippen LogP contribution is -2.19. The predicted octanol–water partition coefficient (Wildman–Crippen LogP) is 6.31. The molecule has 0 aliphatic carbocycles. The predicted molar refractivity (Wildman–Crippen MR) is 224 cm³/mol. The molecule has 4 atom stereocenters. The van der Waals surface area contributed by atoms with E-state index in [1.54, 1.807) is 83.3 Å². The van der Waals surface area contributed by atoms with Gasteiger partial charge in [-0.25, -0.2) is 39.0 Å². The van der Waals surface area contributed by atoms with Crippen molar-refractivity contribution >= 4 is 49.2 Å². The standard InChI is InChI=1S/C24H28N5O5P.C15H18N5O4P/c1-19(14-29-17-28-22-23(25)26-16-27-24(22)29)32-18-35(30,34-21-10-6-3-7-11-21)33-13-12-31-15-20-8-4-2-5-9-20;1-11(7-20-9-19-13-14(16)17-8-18-15(13)20)23-10-25(21,22)24-12-5-3-2-4-6-12/h2-11,16-17,19H,12-15,18H2,1H3,(H2,25,26,27);2-6,8-9,11H,7,10H2,1H3,(H,21,22)(H2,16,17,18)/t19-,35?;11-/m11/s1. The van der Waals surface area contributed by atoms with Crippen LogP contribution < -0.4 is 20.5 Å². The molecule has 19 nitrogen and oxygen atoms in total. The van der Waals surface area contributed by atoms with Crippen molar-refractivity contribution in [3.05, 3.63) is 122 Å². The monoisotopic (exact) mass is 860 g/mol. The van der Waals surface area contributed by atoms with Crippen LogP contribution in [-0.2, 0) is 47.6 Å². The maximum Gasteiger partial charge on any atom is 0.404 e. The molecule has 0 aliphatic heterocycles. The van der Waals surface area contributed by atoms with Gasteiger partial charge in [-0.1, -0.05) is 66.7 Å². The number of para-hydroxylation sites is 2. The van der Waals surface area contributed by atoms with Crippen LogP contribution in [0.4, 0.5) is 11.6 Å². The molecule has 0 radical (unpaired) electrons. The van der Waals surface area contributed by atoms with Crippen molar-refractivity contribution in [1.82, 2.24) is 39.0 Å². The van der Waals surface area contributed by atoms with E-state index in [2.05, 4.69) is 29.9 Å². The first-order valence-electron chi connectivity index (χ1n) is 18.7. The SMILES string of the molecule is C[C@H](Cn1cnc2c(N)ncnc21)OCP(=O)(O)Oc1ccccc1.C[C@H](Cn1cnc2c(N)ncnc21)OCP(=O)(OCCOCc1ccccc1)Oc1ccccc1. The lowest BCUT2D eigenvalue weighted by molar-refractivity contribution is 0.0598. The van der Waals surface area contributed by atoms with E-state index < -0.39 is 21.5 Å². The van der Waals surface area contributed by atoms with E-state index in [1.165, 1.54) is 12.7 Å². The molecule has 4 heterocycles. The summed E-state index contributed by atoms with van der Waals surface area (Å²) in [6, 6.07) is 27.1. The lowest BCUT2D eigenvalue weighted by Gasteiger charge is -2.22. The topological polar surface area (TPSA) is 249 Å². The largest absolute Gasteiger partial charge is 0.423 e. The zero-order valence-electron chi connectivity index (χ0n) is 32.9. The maximum absolute atomic E-state index is 13.5. The first-order chi connectivity index (χ1) is 29.0. The Morgan fingerprint density at radius 3 is 1.65 bits per heavy atom. The fraction of sp³-hybridized carbons (Fsp3) is 0.282. The molecular weight excluding hydrogens is 814 g/mol. The Morgan fingerprint density at radius 2 is 1.12 bits per heavy atom. The molecule has 4 aromatic heterocycles. The molecule has 5 N–H and O–H groups in total. The molecular formula is C39H46N10O9P2. The molecule has 0 fully saturated rings. The average Bonchev–Trinajstić information content (AvgIpc) is 3.86. The highest BCUT2D eigenvalue weighted by Crippen LogP contribution is 2.48. The van der Waals surface area contributed by atoms with E-state index in [-0.39, 0.29) is 31.8 Å². The van der Waals surface area contributed by atoms with Crippen LogP contribution in [0.2, 0.25) is 0 Å². The summed E-state index contributed by atoms with van der Waals surface area (Å²) in [5, 5.41) is 0. The number of ether oxygens (including phenoxy) is 3. The van der Waals surface area contributed by atoms with E-state index in [1.807, 2.05) is 43.3 Å². The van der Waals surface area contributed by atoms with Crippen LogP contribution in [0, 0.1) is 0 Å². The Morgan fingerprint density at radius 1 is 0.633 bits per heavy atom. The number of nitrogen functional groups attached to an aromatic ring is 2. The Hall–Kier alpha value is -5.78. The highest BCUT2D eigenvalue weighted by molar-refractivity contribution is 7.54. The van der Waals surface area contributed by atoms with Crippen LogP contribution >= 0.6 is 15.2 Å². The summed E-state index contributed by atoms with van der Waals surface area (Å²) in [4.78, 5) is 34.5. The third-order valence-electron chi connectivity index (χ3n) is 8.41. The van der Waals surface area contributed by atoms with Crippen LogP contribution in [0.5, 0.6) is 11.5 Å². The van der Waals surface area contributed by atoms with Crippen LogP contribution in [0.1, 0.15) is 19.4 Å². The van der Waals surface area contributed by atoms with Crippen molar-refractivity contribution in [1.29, 1.82) is 0 Å². The van der Waals surface area contributed by atoms with E-state index >= 15 is 0 Å². The van der Waals surface area contributed by atoms with Gasteiger partial charge in [0.15, 0.2) is 35.6 Å². The van der Waals surface area contributed by atoms with E-state index in [9.17, 15) is 14.0 Å². The summed E-state index contributed by atoms with van der Waals surface area (Å²) in [7, 11) is -7.53. The van der Waals surface area contributed by atoms with Gasteiger partial charge in [0.1, 0.15) is 35.2 Å². The van der Waals surface area contributed by atoms with Crippen molar-refractivity contribution in [2.45, 2.75) is 45.8 Å². The third-order valence-corrected chi connectivity index (χ3v) is 10.9. The minimum atomic E-state index is -3.91. The second kappa shape index (κ2) is 21.0. The number of imidazole rings is 2. The van der Waals surface area contributed by atoms with Crippen molar-refractivity contribution in [2.75, 3.05) is 37.4 Å². The Labute approximate surface area is 345 Å². The number of hydrogen-bond donors (Lipinski definition) is 3. The van der Waals surface area contributed by atoms with Gasteiger partial charge in [-0.15, -0.1) is 0 Å². The molecule has 60 heavy (non-hydrogen) atoms. The average molecular weight is 861 g/mol. The van der Waals surface area contributed by atoms with Gasteiger partial charge in [0.25, 0.3) is 0 Å². The number of nitrogens with two attached hydrogens (primary N) is 2. The Kier molecular flexibility index (Phi) is 15.3. The number of rotatable bonds is 20. The highest BCUT2D eigenvalue weighted by Gasteiger charge is 2.29. The van der Waals surface area contributed by atoms with Gasteiger partial charge in [-0.05, 0) is 43.7 Å². The summed E-state index contributed by atoms with van der Waals surface area (Å²) in [5.41, 5.74) is 14.9. The van der Waals surface area contributed by atoms with Crippen molar-refractivity contribution in [3.8, 4) is 11.5 Å². The fourth-order valence-electron chi connectivity index (χ4n) is 5.57. The van der Waals surface area contributed by atoms with Gasteiger partial charge in [0, 0.05) is 0 Å². The van der Waals surface area contributed by atoms with Gasteiger partial charge >= 0.3 is 15.2 Å². The third kappa shape index (κ3) is 12.9. The molecule has 0 spiro atoms. The minimum Gasteiger partial charge on any atom is -0.423 e. The first-order valence-corrected chi connectivity index (χ1v) is 22.2. The van der Waals surface area contributed by atoms with Crippen LogP contribution in [-0.4, -0.2) is 82.0 Å². The van der Waals surface area contributed by atoms with E-state index in [0.717, 1.165) is 5.56 Å². The molecule has 0 amide bonds. The minimum absolute atomic E-state index is 0.0943. The second-order valence-corrected chi connectivity index (χ2v) is 16.9. The molecule has 0 aliphatic rings. The summed E-state index contributed by atoms with van der Waals surface area (Å²) in [6.07, 6.45) is 4.58. The smallest absolute Gasteiger partial charge is 0.404 e. The van der Waals surface area contributed by atoms with Crippen LogP contribution in [0.3, 0.4) is 0 Å². The summed E-state index contributed by atoms with van der Waals surface area (Å²) in [5.74, 6) is 1.36. The zero-order chi connectivity index (χ0) is 42.4. The fourth-order valence-corrected chi connectivity index (χ4v) is 7.93. The molecule has 7 rings (SSSR count). The summed E-state index contributed by atoms with van der Waals surface area (Å²) >= 11 is 0. The van der Waals surface area contributed by atoms with Gasteiger partial charge in [0.2, 0.25) is 0 Å². The molecule has 0 saturated carbocycles. The van der Waals surface area contributed by atoms with Gasteiger partial charge in [0.05, 0.1) is 57.8 Å². The Bertz CT molecular complexity index is 2500. The van der Waals surface area contributed by atoms with Crippen molar-refractivity contribution in [3.63, 3.8) is 0 Å².